The van der Waals surface area contributed by atoms with Crippen molar-refractivity contribution in [3.05, 3.63) is 59.0 Å². The molecule has 2 aliphatic heterocycles. The highest BCUT2D eigenvalue weighted by molar-refractivity contribution is 5.52. The number of allylic oxidation sites excluding steroid dienone is 2. The van der Waals surface area contributed by atoms with E-state index in [9.17, 15) is 0 Å². The summed E-state index contributed by atoms with van der Waals surface area (Å²) in [5, 5.41) is 0. The number of nitrogens with zero attached hydrogens (tertiary/aromatic N) is 1. The molecule has 7 atom stereocenters. The Kier molecular flexibility index (Phi) is 5.30. The number of hydrogen-bond acceptors (Lipinski definition) is 2. The molecule has 0 aromatic carbocycles. The zero-order chi connectivity index (χ0) is 23.7. The second kappa shape index (κ2) is 7.92. The Morgan fingerprint density at radius 2 is 2.00 bits per heavy atom. The van der Waals surface area contributed by atoms with Crippen molar-refractivity contribution in [2.75, 3.05) is 0 Å². The topological polar surface area (TPSA) is 22.1 Å². The Balaban J connectivity index is 1.29. The molecular weight excluding hydrogens is 414 g/mol. The third-order valence-electron chi connectivity index (χ3n) is 11.0. The van der Waals surface area contributed by atoms with Crippen molar-refractivity contribution in [2.45, 2.75) is 97.2 Å². The highest BCUT2D eigenvalue weighted by atomic mass is 16.5. The zero-order valence-electron chi connectivity index (χ0n) is 21.9. The molecular formula is C32H43NO. The lowest BCUT2D eigenvalue weighted by Crippen LogP contribution is -2.55. The molecule has 6 rings (SSSR count). The van der Waals surface area contributed by atoms with Crippen molar-refractivity contribution >= 4 is 6.08 Å². The lowest BCUT2D eigenvalue weighted by molar-refractivity contribution is -0.149. The molecule has 3 fully saturated rings. The third-order valence-corrected chi connectivity index (χ3v) is 11.0. The van der Waals surface area contributed by atoms with E-state index in [1.807, 2.05) is 12.4 Å². The van der Waals surface area contributed by atoms with Gasteiger partial charge < -0.3 is 4.74 Å². The van der Waals surface area contributed by atoms with E-state index in [1.165, 1.54) is 68.1 Å². The maximum absolute atomic E-state index is 7.45. The van der Waals surface area contributed by atoms with Crippen LogP contribution in [0.3, 0.4) is 0 Å². The molecule has 1 saturated heterocycles. The van der Waals surface area contributed by atoms with Crippen molar-refractivity contribution < 1.29 is 4.74 Å². The molecule has 2 nitrogen and oxygen atoms in total. The summed E-state index contributed by atoms with van der Waals surface area (Å²) in [5.41, 5.74) is 6.14. The van der Waals surface area contributed by atoms with Crippen LogP contribution in [0.2, 0.25) is 0 Å². The average Bonchev–Trinajstić information content (AvgIpc) is 3.33. The molecule has 0 amide bonds. The van der Waals surface area contributed by atoms with E-state index in [1.54, 1.807) is 5.57 Å². The van der Waals surface area contributed by atoms with Crippen LogP contribution in [0.5, 0.6) is 0 Å². The summed E-state index contributed by atoms with van der Waals surface area (Å²) < 4.78 is 7.45. The van der Waals surface area contributed by atoms with Gasteiger partial charge in [0.15, 0.2) is 0 Å². The fourth-order valence-electron chi connectivity index (χ4n) is 8.98. The van der Waals surface area contributed by atoms with Gasteiger partial charge in [-0.15, -0.1) is 0 Å². The fraction of sp³-hybridized carbons (Fsp3) is 0.656. The van der Waals surface area contributed by atoms with Crippen LogP contribution in [0.25, 0.3) is 6.08 Å². The third kappa shape index (κ3) is 3.20. The van der Waals surface area contributed by atoms with E-state index in [0.717, 1.165) is 17.8 Å². The van der Waals surface area contributed by atoms with Crippen LogP contribution < -0.4 is 0 Å². The predicted octanol–water partition coefficient (Wildman–Crippen LogP) is 8.09. The molecule has 0 radical (unpaired) electrons. The summed E-state index contributed by atoms with van der Waals surface area (Å²) in [4.78, 5) is 4.26. The van der Waals surface area contributed by atoms with Crippen molar-refractivity contribution in [3.63, 3.8) is 0 Å². The number of rotatable bonds is 4. The SMILES string of the molecule is Cc1cnccc1C=CC(C)C1CCC2C34CCC5(CC(C(C)C)CC=C5C=C3CCC12C)O4. The van der Waals surface area contributed by atoms with Gasteiger partial charge in [0.2, 0.25) is 0 Å². The van der Waals surface area contributed by atoms with Gasteiger partial charge in [-0.25, -0.2) is 0 Å². The number of aryl methyl sites for hydroxylation is 1. The fourth-order valence-corrected chi connectivity index (χ4v) is 8.98. The van der Waals surface area contributed by atoms with Crippen molar-refractivity contribution in [3.8, 4) is 0 Å². The lowest BCUT2D eigenvalue weighted by atomic mass is 9.55. The second-order valence-electron chi connectivity index (χ2n) is 13.0. The Labute approximate surface area is 207 Å². The highest BCUT2D eigenvalue weighted by Crippen LogP contribution is 2.69. The van der Waals surface area contributed by atoms with Crippen LogP contribution in [0.15, 0.2) is 47.8 Å². The maximum atomic E-state index is 7.45. The zero-order valence-corrected chi connectivity index (χ0v) is 21.9. The first-order chi connectivity index (χ1) is 16.3. The normalized spacial score (nSPS) is 41.6. The summed E-state index contributed by atoms with van der Waals surface area (Å²) in [6, 6.07) is 2.14. The van der Waals surface area contributed by atoms with Crippen LogP contribution in [-0.4, -0.2) is 16.2 Å². The number of aromatic nitrogens is 1. The predicted molar refractivity (Wildman–Crippen MR) is 140 cm³/mol. The minimum atomic E-state index is 0.0113. The number of pyridine rings is 1. The van der Waals surface area contributed by atoms with Gasteiger partial charge in [-0.1, -0.05) is 52.0 Å². The van der Waals surface area contributed by atoms with Gasteiger partial charge in [0.1, 0.15) is 0 Å². The molecule has 2 bridgehead atoms. The summed E-state index contributed by atoms with van der Waals surface area (Å²) in [7, 11) is 0. The summed E-state index contributed by atoms with van der Waals surface area (Å²) >= 11 is 0. The van der Waals surface area contributed by atoms with Crippen molar-refractivity contribution in [1.82, 2.24) is 4.98 Å². The summed E-state index contributed by atoms with van der Waals surface area (Å²) in [6.07, 6.45) is 24.1. The molecule has 0 N–H and O–H groups in total. The maximum Gasteiger partial charge on any atom is 0.0944 e. The van der Waals surface area contributed by atoms with Gasteiger partial charge in [0, 0.05) is 12.4 Å². The number of fused-ring (bicyclic) bond motifs is 1. The first-order valence-electron chi connectivity index (χ1n) is 14.0. The van der Waals surface area contributed by atoms with Crippen LogP contribution in [0.1, 0.15) is 90.2 Å². The summed E-state index contributed by atoms with van der Waals surface area (Å²) in [6.45, 7) is 12.0. The Morgan fingerprint density at radius 1 is 1.15 bits per heavy atom. The standard InChI is InChI=1S/C32H43NO/c1-21(2)25-8-9-26-18-27-12-14-30(5)28(22(3)6-7-24-13-17-33-20-23(24)4)10-11-29(30)32(27)16-15-31(26,19-25)34-32/h6-7,9,13,17-18,20-22,25,28-29H,8,10-12,14-16,19H2,1-5H3. The molecule has 34 heavy (non-hydrogen) atoms. The van der Waals surface area contributed by atoms with E-state index >= 15 is 0 Å². The van der Waals surface area contributed by atoms with Gasteiger partial charge in [-0.2, -0.15) is 0 Å². The molecule has 7 unspecified atom stereocenters. The van der Waals surface area contributed by atoms with E-state index in [2.05, 4.69) is 70.0 Å². The molecule has 2 heteroatoms. The lowest BCUT2D eigenvalue weighted by Gasteiger charge is -2.56. The van der Waals surface area contributed by atoms with Crippen LogP contribution >= 0.6 is 0 Å². The monoisotopic (exact) mass is 457 g/mol. The molecule has 3 aliphatic carbocycles. The Hall–Kier alpha value is -1.67. The molecule has 182 valence electrons. The molecule has 1 aromatic heterocycles. The van der Waals surface area contributed by atoms with Crippen molar-refractivity contribution in [2.24, 2.45) is 35.0 Å². The summed E-state index contributed by atoms with van der Waals surface area (Å²) in [5.74, 6) is 3.49. The van der Waals surface area contributed by atoms with Gasteiger partial charge in [0.05, 0.1) is 11.2 Å². The van der Waals surface area contributed by atoms with Gasteiger partial charge in [-0.3, -0.25) is 4.98 Å². The Bertz CT molecular complexity index is 1060. The smallest absolute Gasteiger partial charge is 0.0944 e. The molecule has 3 heterocycles. The molecule has 5 aliphatic rings. The van der Waals surface area contributed by atoms with Gasteiger partial charge >= 0.3 is 0 Å². The van der Waals surface area contributed by atoms with Crippen LogP contribution in [0.4, 0.5) is 0 Å². The average molecular weight is 458 g/mol. The minimum Gasteiger partial charge on any atom is -0.359 e. The molecule has 2 spiro atoms. The number of hydrogen-bond donors (Lipinski definition) is 0. The van der Waals surface area contributed by atoms with E-state index in [4.69, 9.17) is 4.74 Å². The molecule has 2 saturated carbocycles. The van der Waals surface area contributed by atoms with E-state index in [0.29, 0.717) is 17.3 Å². The van der Waals surface area contributed by atoms with Crippen LogP contribution in [-0.2, 0) is 4.74 Å². The number of ether oxygens (including phenoxy) is 1. The highest BCUT2D eigenvalue weighted by Gasteiger charge is 2.67. The Morgan fingerprint density at radius 3 is 2.79 bits per heavy atom. The van der Waals surface area contributed by atoms with Crippen LogP contribution in [0, 0.1) is 41.9 Å². The quantitative estimate of drug-likeness (QED) is 0.456. The van der Waals surface area contributed by atoms with E-state index < -0.39 is 0 Å². The van der Waals surface area contributed by atoms with Gasteiger partial charge in [0.25, 0.3) is 0 Å². The largest absolute Gasteiger partial charge is 0.359 e. The second-order valence-corrected chi connectivity index (χ2v) is 13.0. The molecule has 1 aromatic rings. The first-order valence-corrected chi connectivity index (χ1v) is 14.0. The minimum absolute atomic E-state index is 0.0113. The first kappa shape index (κ1) is 22.8. The van der Waals surface area contributed by atoms with Crippen molar-refractivity contribution in [1.29, 1.82) is 0 Å². The van der Waals surface area contributed by atoms with Gasteiger partial charge in [-0.05, 0) is 122 Å². The van der Waals surface area contributed by atoms with E-state index in [-0.39, 0.29) is 11.2 Å².